The van der Waals surface area contributed by atoms with E-state index in [4.69, 9.17) is 0 Å². The van der Waals surface area contributed by atoms with Crippen molar-refractivity contribution in [1.29, 1.82) is 0 Å². The van der Waals surface area contributed by atoms with Crippen LogP contribution in [-0.4, -0.2) is 11.7 Å². The first-order valence-electron chi connectivity index (χ1n) is 8.17. The molecule has 4 heteroatoms. The third kappa shape index (κ3) is 5.03. The van der Waals surface area contributed by atoms with Gasteiger partial charge in [0.25, 0.3) is 0 Å². The Kier molecular flexibility index (Phi) is 6.73. The number of rotatable bonds is 7. The highest BCUT2D eigenvalue weighted by Gasteiger charge is 2.14. The van der Waals surface area contributed by atoms with Crippen molar-refractivity contribution >= 4 is 27.6 Å². The Morgan fingerprint density at radius 2 is 1.71 bits per heavy atom. The number of Topliss-reactive ketones (excluding diaryl/α,β-unsaturated/α-hetero) is 1. The van der Waals surface area contributed by atoms with Crippen LogP contribution in [0.25, 0.3) is 0 Å². The Balaban J connectivity index is 1.86. The number of ketones is 1. The van der Waals surface area contributed by atoms with E-state index in [-0.39, 0.29) is 30.6 Å². The first-order valence-corrected chi connectivity index (χ1v) is 8.96. The van der Waals surface area contributed by atoms with Gasteiger partial charge in [0.2, 0.25) is 5.91 Å². The lowest BCUT2D eigenvalue weighted by Crippen LogP contribution is -2.27. The van der Waals surface area contributed by atoms with Crippen molar-refractivity contribution in [2.75, 3.05) is 0 Å². The Morgan fingerprint density at radius 3 is 2.33 bits per heavy atom. The van der Waals surface area contributed by atoms with Crippen molar-refractivity contribution in [1.82, 2.24) is 5.32 Å². The number of halogens is 1. The molecule has 1 unspecified atom stereocenters. The van der Waals surface area contributed by atoms with Crippen LogP contribution in [-0.2, 0) is 11.2 Å². The quantitative estimate of drug-likeness (QED) is 0.689. The highest BCUT2D eigenvalue weighted by Crippen LogP contribution is 2.22. The minimum atomic E-state index is -0.114. The van der Waals surface area contributed by atoms with Gasteiger partial charge < -0.3 is 5.32 Å². The maximum Gasteiger partial charge on any atom is 0.220 e. The number of benzene rings is 2. The van der Waals surface area contributed by atoms with E-state index in [9.17, 15) is 9.59 Å². The van der Waals surface area contributed by atoms with Gasteiger partial charge in [-0.05, 0) is 30.5 Å². The van der Waals surface area contributed by atoms with Crippen molar-refractivity contribution in [3.63, 3.8) is 0 Å². The molecular formula is C20H22BrNO2. The molecule has 0 aliphatic carbocycles. The number of hydrogen-bond acceptors (Lipinski definition) is 2. The molecule has 0 saturated heterocycles. The Bertz CT molecular complexity index is 710. The van der Waals surface area contributed by atoms with Gasteiger partial charge in [-0.1, -0.05) is 65.3 Å². The van der Waals surface area contributed by atoms with Crippen LogP contribution < -0.4 is 5.32 Å². The molecular weight excluding hydrogens is 366 g/mol. The van der Waals surface area contributed by atoms with Gasteiger partial charge in [-0.3, -0.25) is 9.59 Å². The number of hydrogen-bond donors (Lipinski definition) is 1. The molecule has 0 heterocycles. The normalized spacial score (nSPS) is 11.8. The minimum Gasteiger partial charge on any atom is -0.350 e. The van der Waals surface area contributed by atoms with Crippen LogP contribution in [0.2, 0.25) is 0 Å². The van der Waals surface area contributed by atoms with Crippen molar-refractivity contribution in [3.05, 3.63) is 69.7 Å². The second-order valence-electron chi connectivity index (χ2n) is 5.78. The molecule has 0 bridgehead atoms. The fourth-order valence-electron chi connectivity index (χ4n) is 2.52. The van der Waals surface area contributed by atoms with Crippen LogP contribution in [0.3, 0.4) is 0 Å². The molecule has 2 rings (SSSR count). The second kappa shape index (κ2) is 8.78. The maximum atomic E-state index is 12.2. The van der Waals surface area contributed by atoms with E-state index in [0.29, 0.717) is 5.56 Å². The molecule has 1 atom stereocenters. The molecule has 1 N–H and O–H groups in total. The topological polar surface area (TPSA) is 46.2 Å². The van der Waals surface area contributed by atoms with Crippen molar-refractivity contribution in [2.24, 2.45) is 0 Å². The summed E-state index contributed by atoms with van der Waals surface area (Å²) in [5.41, 5.74) is 2.89. The molecule has 0 fully saturated rings. The number of carbonyl (C=O) groups excluding carboxylic acids is 2. The van der Waals surface area contributed by atoms with E-state index < -0.39 is 0 Å². The van der Waals surface area contributed by atoms with E-state index in [1.165, 1.54) is 5.56 Å². The summed E-state index contributed by atoms with van der Waals surface area (Å²) >= 11 is 3.49. The zero-order valence-electron chi connectivity index (χ0n) is 14.0. The zero-order valence-corrected chi connectivity index (χ0v) is 15.6. The smallest absolute Gasteiger partial charge is 0.220 e. The molecule has 1 amide bonds. The van der Waals surface area contributed by atoms with E-state index >= 15 is 0 Å². The summed E-state index contributed by atoms with van der Waals surface area (Å²) in [4.78, 5) is 24.3. The van der Waals surface area contributed by atoms with Crippen LogP contribution in [0.1, 0.15) is 54.2 Å². The summed E-state index contributed by atoms with van der Waals surface area (Å²) in [5.74, 6) is -0.113. The van der Waals surface area contributed by atoms with Gasteiger partial charge in [-0.25, -0.2) is 0 Å². The van der Waals surface area contributed by atoms with E-state index in [1.807, 2.05) is 55.5 Å². The van der Waals surface area contributed by atoms with Gasteiger partial charge >= 0.3 is 0 Å². The van der Waals surface area contributed by atoms with E-state index in [2.05, 4.69) is 28.2 Å². The lowest BCUT2D eigenvalue weighted by Gasteiger charge is -2.15. The fourth-order valence-corrected chi connectivity index (χ4v) is 3.14. The molecule has 0 saturated carbocycles. The lowest BCUT2D eigenvalue weighted by molar-refractivity contribution is -0.121. The third-order valence-electron chi connectivity index (χ3n) is 4.01. The molecule has 2 aromatic rings. The van der Waals surface area contributed by atoms with Crippen LogP contribution in [0.15, 0.2) is 53.0 Å². The minimum absolute atomic E-state index is 0.00125. The predicted octanol–water partition coefficient (Wildman–Crippen LogP) is 4.85. The second-order valence-corrected chi connectivity index (χ2v) is 6.64. The average molecular weight is 388 g/mol. The van der Waals surface area contributed by atoms with Gasteiger partial charge in [0.15, 0.2) is 5.78 Å². The van der Waals surface area contributed by atoms with Gasteiger partial charge in [-0.15, -0.1) is 0 Å². The van der Waals surface area contributed by atoms with Gasteiger partial charge in [-0.2, -0.15) is 0 Å². The number of aryl methyl sites for hydroxylation is 1. The molecule has 0 spiro atoms. The molecule has 2 aromatic carbocycles. The predicted molar refractivity (Wildman–Crippen MR) is 100 cm³/mol. The Hall–Kier alpha value is -1.94. The highest BCUT2D eigenvalue weighted by molar-refractivity contribution is 9.10. The number of nitrogens with one attached hydrogen (secondary N) is 1. The van der Waals surface area contributed by atoms with Crippen LogP contribution in [0.5, 0.6) is 0 Å². The summed E-state index contributed by atoms with van der Waals surface area (Å²) in [6.07, 6.45) is 1.37. The van der Waals surface area contributed by atoms with Crippen molar-refractivity contribution in [2.45, 2.75) is 39.2 Å². The molecule has 0 radical (unpaired) electrons. The fraction of sp³-hybridized carbons (Fsp3) is 0.300. The molecule has 3 nitrogen and oxygen atoms in total. The Morgan fingerprint density at radius 1 is 1.04 bits per heavy atom. The Labute approximate surface area is 151 Å². The maximum absolute atomic E-state index is 12.2. The number of amides is 1. The first kappa shape index (κ1) is 18.4. The monoisotopic (exact) mass is 387 g/mol. The molecule has 24 heavy (non-hydrogen) atoms. The van der Waals surface area contributed by atoms with Gasteiger partial charge in [0, 0.05) is 22.9 Å². The van der Waals surface area contributed by atoms with E-state index in [1.54, 1.807) is 0 Å². The molecule has 0 aromatic heterocycles. The lowest BCUT2D eigenvalue weighted by atomic mass is 10.0. The molecule has 126 valence electrons. The van der Waals surface area contributed by atoms with Gasteiger partial charge in [0.05, 0.1) is 6.04 Å². The SMILES string of the molecule is CCc1ccc(C(=O)CCC(=O)NC(C)c2ccccc2Br)cc1. The van der Waals surface area contributed by atoms with Crippen molar-refractivity contribution in [3.8, 4) is 0 Å². The molecule has 0 aliphatic heterocycles. The van der Waals surface area contributed by atoms with Crippen LogP contribution in [0.4, 0.5) is 0 Å². The molecule has 0 aliphatic rings. The summed E-state index contributed by atoms with van der Waals surface area (Å²) in [6.45, 7) is 4.01. The number of carbonyl (C=O) groups is 2. The summed E-state index contributed by atoms with van der Waals surface area (Å²) in [7, 11) is 0. The first-order chi connectivity index (χ1) is 11.5. The summed E-state index contributed by atoms with van der Waals surface area (Å²) in [5, 5.41) is 2.94. The summed E-state index contributed by atoms with van der Waals surface area (Å²) in [6, 6.07) is 15.3. The average Bonchev–Trinajstić information content (AvgIpc) is 2.60. The largest absolute Gasteiger partial charge is 0.350 e. The zero-order chi connectivity index (χ0) is 17.5. The van der Waals surface area contributed by atoms with Crippen molar-refractivity contribution < 1.29 is 9.59 Å². The van der Waals surface area contributed by atoms with Gasteiger partial charge in [0.1, 0.15) is 0 Å². The van der Waals surface area contributed by atoms with Crippen LogP contribution in [0, 0.1) is 0 Å². The standard InChI is InChI=1S/C20H22BrNO2/c1-3-15-8-10-16(11-9-15)19(23)12-13-20(24)22-14(2)17-6-4-5-7-18(17)21/h4-11,14H,3,12-13H2,1-2H3,(H,22,24). The highest BCUT2D eigenvalue weighted by atomic mass is 79.9. The summed E-state index contributed by atoms with van der Waals surface area (Å²) < 4.78 is 0.963. The van der Waals surface area contributed by atoms with Crippen LogP contribution >= 0.6 is 15.9 Å². The van der Waals surface area contributed by atoms with E-state index in [0.717, 1.165) is 16.5 Å². The third-order valence-corrected chi connectivity index (χ3v) is 4.73.